The molecule has 6 heteroatoms. The van der Waals surface area contributed by atoms with Crippen molar-refractivity contribution in [3.05, 3.63) is 88.4 Å². The number of nitrogens with zero attached hydrogens (tertiary/aromatic N) is 1. The maximum Gasteiger partial charge on any atom is 0.347 e. The van der Waals surface area contributed by atoms with E-state index in [9.17, 15) is 9.59 Å². The van der Waals surface area contributed by atoms with Crippen LogP contribution in [0.1, 0.15) is 15.9 Å². The minimum Gasteiger partial charge on any atom is -0.497 e. The van der Waals surface area contributed by atoms with Crippen LogP contribution in [0.3, 0.4) is 0 Å². The number of allylic oxidation sites excluding steroid dienone is 1. The third-order valence-electron chi connectivity index (χ3n) is 4.37. The Morgan fingerprint density at radius 2 is 1.93 bits per heavy atom. The molecule has 4 rings (SSSR count). The minimum atomic E-state index is -0.657. The summed E-state index contributed by atoms with van der Waals surface area (Å²) in [5, 5.41) is 7.67. The Bertz CT molecular complexity index is 1230. The summed E-state index contributed by atoms with van der Waals surface area (Å²) < 4.78 is 10.4. The normalized spacial score (nSPS) is 11.2. The van der Waals surface area contributed by atoms with Gasteiger partial charge >= 0.3 is 5.63 Å². The SMILES string of the molecule is COc1ccc(-c2[nH]ncc2C=CC(=O)c2cc3ccccc3oc2=O)cc1. The van der Waals surface area contributed by atoms with Crippen molar-refractivity contribution in [2.24, 2.45) is 0 Å². The molecule has 0 aliphatic rings. The van der Waals surface area contributed by atoms with Crippen molar-refractivity contribution in [3.8, 4) is 17.0 Å². The number of aromatic amines is 1. The Morgan fingerprint density at radius 3 is 2.71 bits per heavy atom. The zero-order valence-corrected chi connectivity index (χ0v) is 15.0. The van der Waals surface area contributed by atoms with Crippen molar-refractivity contribution < 1.29 is 13.9 Å². The van der Waals surface area contributed by atoms with Crippen LogP contribution in [0.15, 0.2) is 76.1 Å². The molecule has 2 aromatic heterocycles. The molecule has 138 valence electrons. The maximum atomic E-state index is 12.5. The molecular formula is C22H16N2O4. The molecular weight excluding hydrogens is 356 g/mol. The number of fused-ring (bicyclic) bond motifs is 1. The lowest BCUT2D eigenvalue weighted by atomic mass is 10.1. The van der Waals surface area contributed by atoms with E-state index in [1.165, 1.54) is 6.08 Å². The minimum absolute atomic E-state index is 0.00978. The predicted molar refractivity (Wildman–Crippen MR) is 106 cm³/mol. The lowest BCUT2D eigenvalue weighted by Gasteiger charge is -2.02. The fraction of sp³-hybridized carbons (Fsp3) is 0.0455. The second kappa shape index (κ2) is 7.36. The molecule has 2 heterocycles. The second-order valence-corrected chi connectivity index (χ2v) is 6.11. The summed E-state index contributed by atoms with van der Waals surface area (Å²) in [6, 6.07) is 16.1. The predicted octanol–water partition coefficient (Wildman–Crippen LogP) is 4.09. The number of rotatable bonds is 5. The maximum absolute atomic E-state index is 12.5. The Hall–Kier alpha value is -3.93. The van der Waals surface area contributed by atoms with Crippen molar-refractivity contribution in [3.63, 3.8) is 0 Å². The number of hydrogen-bond donors (Lipinski definition) is 1. The lowest BCUT2D eigenvalue weighted by molar-refractivity contribution is 0.104. The summed E-state index contributed by atoms with van der Waals surface area (Å²) in [6.07, 6.45) is 4.59. The van der Waals surface area contributed by atoms with Gasteiger partial charge in [-0.3, -0.25) is 9.89 Å². The van der Waals surface area contributed by atoms with Gasteiger partial charge in [0.15, 0.2) is 5.78 Å². The molecule has 0 aliphatic carbocycles. The molecule has 2 aromatic carbocycles. The van der Waals surface area contributed by atoms with E-state index in [0.717, 1.165) is 22.6 Å². The summed E-state index contributed by atoms with van der Waals surface area (Å²) in [6.45, 7) is 0. The molecule has 28 heavy (non-hydrogen) atoms. The third-order valence-corrected chi connectivity index (χ3v) is 4.37. The van der Waals surface area contributed by atoms with Crippen LogP contribution in [0, 0.1) is 0 Å². The molecule has 0 saturated heterocycles. The van der Waals surface area contributed by atoms with Crippen molar-refractivity contribution in [2.75, 3.05) is 7.11 Å². The van der Waals surface area contributed by atoms with E-state index < -0.39 is 11.4 Å². The van der Waals surface area contributed by atoms with Gasteiger partial charge in [-0.25, -0.2) is 4.79 Å². The summed E-state index contributed by atoms with van der Waals surface area (Å²) >= 11 is 0. The van der Waals surface area contributed by atoms with Crippen molar-refractivity contribution in [2.45, 2.75) is 0 Å². The zero-order valence-electron chi connectivity index (χ0n) is 15.0. The molecule has 0 radical (unpaired) electrons. The van der Waals surface area contributed by atoms with Crippen molar-refractivity contribution in [1.29, 1.82) is 0 Å². The van der Waals surface area contributed by atoms with Gasteiger partial charge in [0, 0.05) is 16.5 Å². The van der Waals surface area contributed by atoms with Crippen LogP contribution < -0.4 is 10.4 Å². The fourth-order valence-electron chi connectivity index (χ4n) is 2.90. The first-order valence-corrected chi connectivity index (χ1v) is 8.59. The smallest absolute Gasteiger partial charge is 0.347 e. The first-order valence-electron chi connectivity index (χ1n) is 8.59. The first kappa shape index (κ1) is 17.5. The number of ether oxygens (including phenoxy) is 1. The highest BCUT2D eigenvalue weighted by Gasteiger charge is 2.12. The lowest BCUT2D eigenvalue weighted by Crippen LogP contribution is -2.11. The topological polar surface area (TPSA) is 85.2 Å². The van der Waals surface area contributed by atoms with Crippen LogP contribution in [0.2, 0.25) is 0 Å². The van der Waals surface area contributed by atoms with Crippen molar-refractivity contribution in [1.82, 2.24) is 10.2 Å². The Morgan fingerprint density at radius 1 is 1.14 bits per heavy atom. The average molecular weight is 372 g/mol. The van der Waals surface area contributed by atoms with E-state index >= 15 is 0 Å². The molecule has 0 unspecified atom stereocenters. The molecule has 4 aromatic rings. The second-order valence-electron chi connectivity index (χ2n) is 6.11. The zero-order chi connectivity index (χ0) is 19.5. The van der Waals surface area contributed by atoms with Gasteiger partial charge in [-0.1, -0.05) is 18.2 Å². The van der Waals surface area contributed by atoms with Gasteiger partial charge in [0.1, 0.15) is 16.9 Å². The third kappa shape index (κ3) is 3.35. The molecule has 0 aliphatic heterocycles. The van der Waals surface area contributed by atoms with Gasteiger partial charge in [0.05, 0.1) is 19.0 Å². The first-order chi connectivity index (χ1) is 13.7. The summed E-state index contributed by atoms with van der Waals surface area (Å²) in [7, 11) is 1.61. The van der Waals surface area contributed by atoms with Crippen LogP contribution in [0.4, 0.5) is 0 Å². The number of methoxy groups -OCH3 is 1. The van der Waals surface area contributed by atoms with Gasteiger partial charge in [-0.05, 0) is 48.6 Å². The van der Waals surface area contributed by atoms with E-state index in [-0.39, 0.29) is 5.56 Å². The van der Waals surface area contributed by atoms with E-state index in [4.69, 9.17) is 9.15 Å². The summed E-state index contributed by atoms with van der Waals surface area (Å²) in [4.78, 5) is 24.7. The Labute approximate surface area is 160 Å². The van der Waals surface area contributed by atoms with Crippen molar-refractivity contribution >= 4 is 22.8 Å². The monoisotopic (exact) mass is 372 g/mol. The van der Waals surface area contributed by atoms with Crippen LogP contribution in [0.5, 0.6) is 5.75 Å². The quantitative estimate of drug-likeness (QED) is 0.324. The molecule has 0 atom stereocenters. The van der Waals surface area contributed by atoms with Gasteiger partial charge in [0.25, 0.3) is 0 Å². The summed E-state index contributed by atoms with van der Waals surface area (Å²) in [5.41, 5.74) is 2.17. The highest BCUT2D eigenvalue weighted by atomic mass is 16.5. The number of carbonyl (C=O) groups excluding carboxylic acids is 1. The largest absolute Gasteiger partial charge is 0.497 e. The molecule has 0 bridgehead atoms. The van der Waals surface area contributed by atoms with Gasteiger partial charge < -0.3 is 9.15 Å². The number of para-hydroxylation sites is 1. The molecule has 0 saturated carbocycles. The van der Waals surface area contributed by atoms with Gasteiger partial charge in [-0.15, -0.1) is 0 Å². The standard InChI is InChI=1S/C22H16N2O4/c1-27-17-9-6-14(7-10-17)21-16(13-23-24-21)8-11-19(25)18-12-15-4-2-3-5-20(15)28-22(18)26/h2-13H,1H3,(H,23,24). The molecule has 6 nitrogen and oxygen atoms in total. The Balaban J connectivity index is 1.63. The highest BCUT2D eigenvalue weighted by molar-refractivity contribution is 6.08. The molecule has 0 amide bonds. The highest BCUT2D eigenvalue weighted by Crippen LogP contribution is 2.24. The molecule has 1 N–H and O–H groups in total. The van der Waals surface area contributed by atoms with Gasteiger partial charge in [0.2, 0.25) is 0 Å². The van der Waals surface area contributed by atoms with Crippen LogP contribution in [-0.4, -0.2) is 23.1 Å². The summed E-state index contributed by atoms with van der Waals surface area (Å²) in [5.74, 6) is 0.319. The van der Waals surface area contributed by atoms with E-state index in [2.05, 4.69) is 10.2 Å². The molecule has 0 spiro atoms. The number of ketones is 1. The van der Waals surface area contributed by atoms with E-state index in [0.29, 0.717) is 11.0 Å². The van der Waals surface area contributed by atoms with E-state index in [1.54, 1.807) is 43.6 Å². The Kier molecular flexibility index (Phi) is 4.60. The number of nitrogens with one attached hydrogen (secondary N) is 1. The van der Waals surface area contributed by atoms with Crippen LogP contribution in [0.25, 0.3) is 28.3 Å². The number of H-pyrrole nitrogens is 1. The number of hydrogen-bond acceptors (Lipinski definition) is 5. The van der Waals surface area contributed by atoms with Crippen LogP contribution >= 0.6 is 0 Å². The van der Waals surface area contributed by atoms with E-state index in [1.807, 2.05) is 30.3 Å². The number of carbonyl (C=O) groups is 1. The number of benzene rings is 2. The van der Waals surface area contributed by atoms with Gasteiger partial charge in [-0.2, -0.15) is 5.10 Å². The number of aromatic nitrogens is 2. The fourth-order valence-corrected chi connectivity index (χ4v) is 2.90. The molecule has 0 fully saturated rings. The van der Waals surface area contributed by atoms with Crippen LogP contribution in [-0.2, 0) is 0 Å². The average Bonchev–Trinajstić information content (AvgIpc) is 3.20.